The van der Waals surface area contributed by atoms with Gasteiger partial charge in [-0.3, -0.25) is 4.79 Å². The number of methoxy groups -OCH3 is 3. The summed E-state index contributed by atoms with van der Waals surface area (Å²) in [7, 11) is 1.07. The number of hydrogen-bond donors (Lipinski definition) is 0. The summed E-state index contributed by atoms with van der Waals surface area (Å²) in [4.78, 5) is 15.2. The molecular formula is C22H25NO6S. The Labute approximate surface area is 176 Å². The summed E-state index contributed by atoms with van der Waals surface area (Å²) in [6.45, 7) is 1.99. The van der Waals surface area contributed by atoms with Crippen molar-refractivity contribution in [3.63, 3.8) is 0 Å². The van der Waals surface area contributed by atoms with Crippen molar-refractivity contribution in [2.24, 2.45) is 0 Å². The molecule has 1 atom stereocenters. The number of para-hydroxylation sites is 1. The van der Waals surface area contributed by atoms with Crippen LogP contribution < -0.4 is 19.1 Å². The van der Waals surface area contributed by atoms with E-state index in [1.54, 1.807) is 18.2 Å². The van der Waals surface area contributed by atoms with Crippen LogP contribution in [-0.2, 0) is 16.3 Å². The third kappa shape index (κ3) is 4.14. The second-order valence-electron chi connectivity index (χ2n) is 6.80. The van der Waals surface area contributed by atoms with Crippen LogP contribution in [0.25, 0.3) is 0 Å². The molecule has 0 bridgehead atoms. The summed E-state index contributed by atoms with van der Waals surface area (Å²) in [5.41, 5.74) is 1.91. The van der Waals surface area contributed by atoms with E-state index in [9.17, 15) is 13.2 Å². The second kappa shape index (κ2) is 8.79. The predicted octanol–water partition coefficient (Wildman–Crippen LogP) is 3.23. The topological polar surface area (TPSA) is 82.1 Å². The summed E-state index contributed by atoms with van der Waals surface area (Å²) in [6.07, 6.45) is 2.25. The Kier molecular flexibility index (Phi) is 6.36. The Morgan fingerprint density at radius 1 is 1.07 bits per heavy atom. The molecule has 3 rings (SSSR count). The standard InChI is InChI=1S/C22H25NO6S/c1-5-15-8-6-7-9-18(15)23(17-10-11-30(25,26)14-17)22(24)16-12-19(27-2)21(29-4)20(13-16)28-3/h6-13,17H,5,14H2,1-4H3/t17-/m1/s1. The van der Waals surface area contributed by atoms with Crippen molar-refractivity contribution in [2.45, 2.75) is 19.4 Å². The van der Waals surface area contributed by atoms with Crippen molar-refractivity contribution in [1.29, 1.82) is 0 Å². The molecule has 1 aliphatic rings. The highest BCUT2D eigenvalue weighted by atomic mass is 32.2. The van der Waals surface area contributed by atoms with Crippen LogP contribution in [0.1, 0.15) is 22.8 Å². The molecule has 0 saturated carbocycles. The molecule has 1 amide bonds. The van der Waals surface area contributed by atoms with Gasteiger partial charge in [0, 0.05) is 16.7 Å². The van der Waals surface area contributed by atoms with Gasteiger partial charge in [0.2, 0.25) is 5.75 Å². The van der Waals surface area contributed by atoms with Crippen LogP contribution in [0.15, 0.2) is 47.9 Å². The summed E-state index contributed by atoms with van der Waals surface area (Å²) in [5.74, 6) is 0.542. The Bertz CT molecular complexity index is 1050. The van der Waals surface area contributed by atoms with Crippen LogP contribution >= 0.6 is 0 Å². The molecule has 0 unspecified atom stereocenters. The van der Waals surface area contributed by atoms with E-state index in [1.165, 1.54) is 31.6 Å². The molecule has 1 aliphatic heterocycles. The maximum atomic E-state index is 13.7. The number of amides is 1. The summed E-state index contributed by atoms with van der Waals surface area (Å²) < 4.78 is 40.3. The van der Waals surface area contributed by atoms with E-state index in [-0.39, 0.29) is 11.7 Å². The van der Waals surface area contributed by atoms with E-state index in [2.05, 4.69) is 0 Å². The van der Waals surface area contributed by atoms with Gasteiger partial charge in [0.15, 0.2) is 21.3 Å². The zero-order chi connectivity index (χ0) is 21.9. The monoisotopic (exact) mass is 431 g/mol. The van der Waals surface area contributed by atoms with Gasteiger partial charge in [-0.2, -0.15) is 0 Å². The minimum absolute atomic E-state index is 0.165. The predicted molar refractivity (Wildman–Crippen MR) is 115 cm³/mol. The fraction of sp³-hybridized carbons (Fsp3) is 0.318. The Balaban J connectivity index is 2.15. The summed E-state index contributed by atoms with van der Waals surface area (Å²) in [6, 6.07) is 10.00. The maximum Gasteiger partial charge on any atom is 0.259 e. The molecule has 2 aromatic carbocycles. The van der Waals surface area contributed by atoms with Crippen LogP contribution in [0.2, 0.25) is 0 Å². The molecule has 0 spiro atoms. The van der Waals surface area contributed by atoms with Gasteiger partial charge in [0.1, 0.15) is 0 Å². The lowest BCUT2D eigenvalue weighted by atomic mass is 10.1. The molecule has 8 heteroatoms. The molecule has 0 aliphatic carbocycles. The third-order valence-electron chi connectivity index (χ3n) is 5.01. The maximum absolute atomic E-state index is 13.7. The number of carbonyl (C=O) groups excluding carboxylic acids is 1. The lowest BCUT2D eigenvalue weighted by molar-refractivity contribution is 0.0982. The minimum atomic E-state index is -3.36. The van der Waals surface area contributed by atoms with Crippen molar-refractivity contribution in [1.82, 2.24) is 0 Å². The number of carbonyl (C=O) groups is 1. The number of anilines is 1. The zero-order valence-corrected chi connectivity index (χ0v) is 18.2. The van der Waals surface area contributed by atoms with E-state index in [0.29, 0.717) is 34.9 Å². The fourth-order valence-electron chi connectivity index (χ4n) is 3.55. The van der Waals surface area contributed by atoms with Gasteiger partial charge < -0.3 is 19.1 Å². The molecule has 0 fully saturated rings. The van der Waals surface area contributed by atoms with Crippen molar-refractivity contribution in [3.8, 4) is 17.2 Å². The number of benzene rings is 2. The number of rotatable bonds is 7. The largest absolute Gasteiger partial charge is 0.493 e. The number of hydrogen-bond acceptors (Lipinski definition) is 6. The molecule has 0 saturated heterocycles. The first-order valence-electron chi connectivity index (χ1n) is 9.47. The molecule has 0 aromatic heterocycles. The smallest absolute Gasteiger partial charge is 0.259 e. The molecular weight excluding hydrogens is 406 g/mol. The lowest BCUT2D eigenvalue weighted by Gasteiger charge is -2.30. The summed E-state index contributed by atoms with van der Waals surface area (Å²) >= 11 is 0. The van der Waals surface area contributed by atoms with E-state index < -0.39 is 15.9 Å². The third-order valence-corrected chi connectivity index (χ3v) is 6.38. The van der Waals surface area contributed by atoms with Crippen LogP contribution in [-0.4, -0.2) is 47.4 Å². The van der Waals surface area contributed by atoms with Gasteiger partial charge in [-0.25, -0.2) is 8.42 Å². The zero-order valence-electron chi connectivity index (χ0n) is 17.4. The first-order valence-corrected chi connectivity index (χ1v) is 11.2. The first-order chi connectivity index (χ1) is 14.3. The van der Waals surface area contributed by atoms with E-state index in [1.807, 2.05) is 31.2 Å². The number of aryl methyl sites for hydroxylation is 1. The highest BCUT2D eigenvalue weighted by molar-refractivity contribution is 7.94. The van der Waals surface area contributed by atoms with Crippen molar-refractivity contribution in [3.05, 3.63) is 59.0 Å². The summed E-state index contributed by atoms with van der Waals surface area (Å²) in [5, 5.41) is 1.17. The fourth-order valence-corrected chi connectivity index (χ4v) is 4.82. The van der Waals surface area contributed by atoms with E-state index >= 15 is 0 Å². The molecule has 160 valence electrons. The van der Waals surface area contributed by atoms with Crippen LogP contribution in [0.3, 0.4) is 0 Å². The van der Waals surface area contributed by atoms with Gasteiger partial charge >= 0.3 is 0 Å². The second-order valence-corrected chi connectivity index (χ2v) is 8.73. The van der Waals surface area contributed by atoms with Crippen molar-refractivity contribution in [2.75, 3.05) is 32.0 Å². The number of sulfone groups is 1. The molecule has 2 aromatic rings. The lowest BCUT2D eigenvalue weighted by Crippen LogP contribution is -2.41. The average molecular weight is 432 g/mol. The van der Waals surface area contributed by atoms with Crippen LogP contribution in [0.5, 0.6) is 17.2 Å². The van der Waals surface area contributed by atoms with Crippen molar-refractivity contribution < 1.29 is 27.4 Å². The quantitative estimate of drug-likeness (QED) is 0.669. The van der Waals surface area contributed by atoms with Gasteiger partial charge in [-0.15, -0.1) is 0 Å². The SMILES string of the molecule is CCc1ccccc1N(C(=O)c1cc(OC)c(OC)c(OC)c1)[C@@H]1C=CS(=O)(=O)C1. The molecule has 0 radical (unpaired) electrons. The van der Waals surface area contributed by atoms with Crippen molar-refractivity contribution >= 4 is 21.4 Å². The van der Waals surface area contributed by atoms with Gasteiger partial charge in [0.05, 0.1) is 33.1 Å². The molecule has 30 heavy (non-hydrogen) atoms. The van der Waals surface area contributed by atoms with Crippen LogP contribution in [0.4, 0.5) is 5.69 Å². The average Bonchev–Trinajstić information content (AvgIpc) is 3.12. The Morgan fingerprint density at radius 2 is 1.70 bits per heavy atom. The van der Waals surface area contributed by atoms with Crippen LogP contribution in [0, 0.1) is 0 Å². The Hall–Kier alpha value is -3.00. The minimum Gasteiger partial charge on any atom is -0.493 e. The molecule has 1 heterocycles. The molecule has 0 N–H and O–H groups in total. The Morgan fingerprint density at radius 3 is 2.20 bits per heavy atom. The van der Waals surface area contributed by atoms with E-state index in [4.69, 9.17) is 14.2 Å². The highest BCUT2D eigenvalue weighted by Crippen LogP contribution is 2.39. The number of ether oxygens (including phenoxy) is 3. The van der Waals surface area contributed by atoms with Gasteiger partial charge in [-0.1, -0.05) is 25.1 Å². The first kappa shape index (κ1) is 21.7. The highest BCUT2D eigenvalue weighted by Gasteiger charge is 2.33. The molecule has 7 nitrogen and oxygen atoms in total. The van der Waals surface area contributed by atoms with Gasteiger partial charge in [0.25, 0.3) is 5.91 Å². The number of nitrogens with zero attached hydrogens (tertiary/aromatic N) is 1. The van der Waals surface area contributed by atoms with E-state index in [0.717, 1.165) is 5.56 Å². The van der Waals surface area contributed by atoms with Gasteiger partial charge in [-0.05, 0) is 36.3 Å². The normalized spacial score (nSPS) is 16.9.